The molecule has 0 aliphatic carbocycles. The van der Waals surface area contributed by atoms with Gasteiger partial charge in [0.05, 0.1) is 28.9 Å². The van der Waals surface area contributed by atoms with Gasteiger partial charge in [-0.2, -0.15) is 5.10 Å². The fourth-order valence-corrected chi connectivity index (χ4v) is 4.71. The van der Waals surface area contributed by atoms with Crippen LogP contribution in [0.3, 0.4) is 0 Å². The molecule has 1 amide bonds. The molecule has 0 saturated carbocycles. The maximum absolute atomic E-state index is 13.0. The molecule has 5 nitrogen and oxygen atoms in total. The first-order valence-corrected chi connectivity index (χ1v) is 10.1. The number of hydrogen-bond acceptors (Lipinski definition) is 4. The summed E-state index contributed by atoms with van der Waals surface area (Å²) in [5, 5.41) is 8.85. The summed E-state index contributed by atoms with van der Waals surface area (Å²) in [5.41, 5.74) is 2.95. The number of aryl methyl sites for hydroxylation is 1. The molecule has 2 aromatic heterocycles. The van der Waals surface area contributed by atoms with Crippen LogP contribution in [0, 0.1) is 6.92 Å². The number of rotatable bonds is 3. The molecule has 1 aliphatic heterocycles. The molecule has 0 radical (unpaired) electrons. The van der Waals surface area contributed by atoms with Crippen LogP contribution in [0.2, 0.25) is 0 Å². The van der Waals surface area contributed by atoms with Crippen molar-refractivity contribution in [1.29, 1.82) is 0 Å². The molecule has 1 N–H and O–H groups in total. The Kier molecular flexibility index (Phi) is 4.13. The predicted octanol–water partition coefficient (Wildman–Crippen LogP) is 4.65. The third-order valence-corrected chi connectivity index (χ3v) is 6.14. The third-order valence-electron chi connectivity index (χ3n) is 5.03. The summed E-state index contributed by atoms with van der Waals surface area (Å²) in [5.74, 6) is 0.799. The summed E-state index contributed by atoms with van der Waals surface area (Å²) in [6.07, 6.45) is 0.768. The van der Waals surface area contributed by atoms with Gasteiger partial charge in [-0.25, -0.2) is 4.68 Å². The number of thiophene rings is 1. The summed E-state index contributed by atoms with van der Waals surface area (Å²) in [6.45, 7) is 2.58. The van der Waals surface area contributed by atoms with Crippen LogP contribution in [-0.4, -0.2) is 22.3 Å². The lowest BCUT2D eigenvalue weighted by molar-refractivity contribution is 0.0929. The SMILES string of the molecule is Cc1nn(-c2ccccc2)c2sc(C(=O)N[C@@H]3CCOc4ccccc43)cc12. The molecular formula is C22H19N3O2S. The van der Waals surface area contributed by atoms with Crippen LogP contribution < -0.4 is 10.1 Å². The topological polar surface area (TPSA) is 56.2 Å². The Balaban J connectivity index is 1.47. The first-order valence-electron chi connectivity index (χ1n) is 9.28. The van der Waals surface area contributed by atoms with E-state index in [0.29, 0.717) is 11.5 Å². The number of aromatic nitrogens is 2. The van der Waals surface area contributed by atoms with Crippen LogP contribution >= 0.6 is 11.3 Å². The predicted molar refractivity (Wildman–Crippen MR) is 110 cm³/mol. The number of para-hydroxylation sites is 2. The second-order valence-corrected chi connectivity index (χ2v) is 7.89. The number of nitrogens with zero attached hydrogens (tertiary/aromatic N) is 2. The summed E-state index contributed by atoms with van der Waals surface area (Å²) in [6, 6.07) is 19.8. The molecule has 4 aromatic rings. The van der Waals surface area contributed by atoms with Gasteiger partial charge in [0.25, 0.3) is 5.91 Å². The zero-order valence-electron chi connectivity index (χ0n) is 15.4. The second kappa shape index (κ2) is 6.80. The summed E-state index contributed by atoms with van der Waals surface area (Å²) in [7, 11) is 0. The van der Waals surface area contributed by atoms with Gasteiger partial charge in [0.1, 0.15) is 10.6 Å². The average molecular weight is 389 g/mol. The molecule has 0 spiro atoms. The Labute approximate surface area is 166 Å². The molecule has 1 atom stereocenters. The maximum Gasteiger partial charge on any atom is 0.261 e. The minimum atomic E-state index is -0.0538. The Hall–Kier alpha value is -3.12. The quantitative estimate of drug-likeness (QED) is 0.555. The van der Waals surface area contributed by atoms with Gasteiger partial charge in [-0.05, 0) is 31.2 Å². The van der Waals surface area contributed by atoms with Crippen molar-refractivity contribution in [3.05, 3.63) is 76.8 Å². The van der Waals surface area contributed by atoms with Crippen molar-refractivity contribution in [2.24, 2.45) is 0 Å². The van der Waals surface area contributed by atoms with Crippen LogP contribution in [0.1, 0.15) is 33.4 Å². The Morgan fingerprint density at radius 2 is 1.96 bits per heavy atom. The van der Waals surface area contributed by atoms with E-state index in [9.17, 15) is 4.79 Å². The molecular weight excluding hydrogens is 370 g/mol. The fourth-order valence-electron chi connectivity index (χ4n) is 3.62. The van der Waals surface area contributed by atoms with Gasteiger partial charge >= 0.3 is 0 Å². The van der Waals surface area contributed by atoms with Crippen molar-refractivity contribution >= 4 is 27.5 Å². The van der Waals surface area contributed by atoms with E-state index in [1.807, 2.05) is 72.3 Å². The molecule has 2 aromatic carbocycles. The number of carbonyl (C=O) groups is 1. The number of carbonyl (C=O) groups excluding carboxylic acids is 1. The van der Waals surface area contributed by atoms with E-state index in [1.54, 1.807) is 0 Å². The summed E-state index contributed by atoms with van der Waals surface area (Å²) in [4.78, 5) is 14.7. The van der Waals surface area contributed by atoms with E-state index in [-0.39, 0.29) is 11.9 Å². The number of benzene rings is 2. The molecule has 28 heavy (non-hydrogen) atoms. The lowest BCUT2D eigenvalue weighted by Gasteiger charge is -2.26. The van der Waals surface area contributed by atoms with E-state index in [4.69, 9.17) is 4.74 Å². The highest BCUT2D eigenvalue weighted by Crippen LogP contribution is 2.34. The first-order chi connectivity index (χ1) is 13.7. The largest absolute Gasteiger partial charge is 0.493 e. The fraction of sp³-hybridized carbons (Fsp3) is 0.182. The van der Waals surface area contributed by atoms with Crippen molar-refractivity contribution in [1.82, 2.24) is 15.1 Å². The van der Waals surface area contributed by atoms with E-state index in [2.05, 4.69) is 10.4 Å². The van der Waals surface area contributed by atoms with Crippen molar-refractivity contribution in [3.63, 3.8) is 0 Å². The number of amides is 1. The molecule has 6 heteroatoms. The van der Waals surface area contributed by atoms with Gasteiger partial charge in [-0.15, -0.1) is 11.3 Å². The van der Waals surface area contributed by atoms with Crippen molar-refractivity contribution in [2.75, 3.05) is 6.61 Å². The van der Waals surface area contributed by atoms with Crippen LogP contribution in [0.15, 0.2) is 60.7 Å². The number of fused-ring (bicyclic) bond motifs is 2. The second-order valence-electron chi connectivity index (χ2n) is 6.86. The molecule has 5 rings (SSSR count). The first kappa shape index (κ1) is 17.0. The summed E-state index contributed by atoms with van der Waals surface area (Å²) >= 11 is 1.47. The standard InChI is InChI=1S/C22H19N3O2S/c1-14-17-13-20(28-22(17)25(24-14)15-7-3-2-4-8-15)21(26)23-18-11-12-27-19-10-6-5-9-16(18)19/h2-10,13,18H,11-12H2,1H3,(H,23,26)/t18-/m1/s1. The van der Waals surface area contributed by atoms with Crippen LogP contribution in [-0.2, 0) is 0 Å². The van der Waals surface area contributed by atoms with Crippen molar-refractivity contribution in [3.8, 4) is 11.4 Å². The maximum atomic E-state index is 13.0. The Morgan fingerprint density at radius 1 is 1.18 bits per heavy atom. The monoisotopic (exact) mass is 389 g/mol. The molecule has 0 fully saturated rings. The van der Waals surface area contributed by atoms with Crippen molar-refractivity contribution < 1.29 is 9.53 Å². The number of nitrogens with one attached hydrogen (secondary N) is 1. The molecule has 0 bridgehead atoms. The number of hydrogen-bond donors (Lipinski definition) is 1. The minimum absolute atomic E-state index is 0.0330. The van der Waals surface area contributed by atoms with E-state index >= 15 is 0 Å². The third kappa shape index (κ3) is 2.86. The van der Waals surface area contributed by atoms with Crippen LogP contribution in [0.5, 0.6) is 5.75 Å². The zero-order valence-corrected chi connectivity index (χ0v) is 16.2. The highest BCUT2D eigenvalue weighted by molar-refractivity contribution is 7.20. The van der Waals surface area contributed by atoms with Gasteiger partial charge in [-0.1, -0.05) is 36.4 Å². The molecule has 3 heterocycles. The van der Waals surface area contributed by atoms with Crippen molar-refractivity contribution in [2.45, 2.75) is 19.4 Å². The normalized spacial score (nSPS) is 15.8. The lowest BCUT2D eigenvalue weighted by Crippen LogP contribution is -2.31. The highest BCUT2D eigenvalue weighted by atomic mass is 32.1. The van der Waals surface area contributed by atoms with Gasteiger partial charge < -0.3 is 10.1 Å². The zero-order chi connectivity index (χ0) is 19.1. The smallest absolute Gasteiger partial charge is 0.261 e. The number of ether oxygens (including phenoxy) is 1. The van der Waals surface area contributed by atoms with Gasteiger partial charge in [-0.3, -0.25) is 4.79 Å². The minimum Gasteiger partial charge on any atom is -0.493 e. The van der Waals surface area contributed by atoms with Gasteiger partial charge in [0, 0.05) is 17.4 Å². The molecule has 0 unspecified atom stereocenters. The Morgan fingerprint density at radius 3 is 2.82 bits per heavy atom. The molecule has 140 valence electrons. The lowest BCUT2D eigenvalue weighted by atomic mass is 10.0. The highest BCUT2D eigenvalue weighted by Gasteiger charge is 2.24. The van der Waals surface area contributed by atoms with E-state index in [1.165, 1.54) is 11.3 Å². The van der Waals surface area contributed by atoms with Crippen LogP contribution in [0.25, 0.3) is 15.9 Å². The van der Waals surface area contributed by atoms with E-state index in [0.717, 1.165) is 39.3 Å². The average Bonchev–Trinajstić information content (AvgIpc) is 3.30. The van der Waals surface area contributed by atoms with Crippen LogP contribution in [0.4, 0.5) is 0 Å². The van der Waals surface area contributed by atoms with Gasteiger partial charge in [0.2, 0.25) is 0 Å². The van der Waals surface area contributed by atoms with E-state index < -0.39 is 0 Å². The van der Waals surface area contributed by atoms with Gasteiger partial charge in [0.15, 0.2) is 0 Å². The molecule has 0 saturated heterocycles. The summed E-state index contributed by atoms with van der Waals surface area (Å²) < 4.78 is 7.61. The molecule has 1 aliphatic rings. The Bertz CT molecular complexity index is 1160.